The van der Waals surface area contributed by atoms with Crippen LogP contribution in [0.15, 0.2) is 0 Å². The first-order valence-electron chi connectivity index (χ1n) is 4.22. The average Bonchev–Trinajstić information content (AvgIpc) is 1.52. The van der Waals surface area contributed by atoms with Crippen LogP contribution in [0.1, 0.15) is 19.3 Å². The summed E-state index contributed by atoms with van der Waals surface area (Å²) in [7, 11) is 0. The first-order valence-corrected chi connectivity index (χ1v) is 4.22. The minimum atomic E-state index is -0.491. The summed E-state index contributed by atoms with van der Waals surface area (Å²) in [5.74, 6) is 0.775. The molecule has 1 atom stereocenters. The van der Waals surface area contributed by atoms with E-state index in [1.165, 1.54) is 6.42 Å². The summed E-state index contributed by atoms with van der Waals surface area (Å²) in [5.41, 5.74) is 0. The lowest BCUT2D eigenvalue weighted by Crippen LogP contribution is -2.50. The van der Waals surface area contributed by atoms with Crippen LogP contribution in [0, 0.1) is 11.8 Å². The minimum Gasteiger partial charge on any atom is -0.316 e. The molecule has 2 fully saturated rings. The van der Waals surface area contributed by atoms with Crippen molar-refractivity contribution in [1.29, 1.82) is 0 Å². The quantitative estimate of drug-likeness (QED) is 0.615. The molecule has 0 aromatic rings. The Morgan fingerprint density at radius 1 is 1.20 bits per heavy atom. The molecule has 2 aliphatic rings. The molecular weight excluding hydrogens is 129 g/mol. The molecule has 0 spiro atoms. The number of halogens is 1. The predicted molar refractivity (Wildman–Crippen MR) is 38.6 cm³/mol. The summed E-state index contributed by atoms with van der Waals surface area (Å²) in [6.45, 7) is 1.83. The van der Waals surface area contributed by atoms with E-state index in [0.717, 1.165) is 25.9 Å². The van der Waals surface area contributed by atoms with Crippen molar-refractivity contribution in [2.24, 2.45) is 11.8 Å². The van der Waals surface area contributed by atoms with Crippen LogP contribution in [-0.4, -0.2) is 19.3 Å². The van der Waals surface area contributed by atoms with Gasteiger partial charge in [-0.1, -0.05) is 6.42 Å². The second-order valence-corrected chi connectivity index (χ2v) is 3.55. The average molecular weight is 143 g/mol. The van der Waals surface area contributed by atoms with Gasteiger partial charge in [0.1, 0.15) is 6.17 Å². The zero-order chi connectivity index (χ0) is 6.97. The van der Waals surface area contributed by atoms with E-state index in [4.69, 9.17) is 0 Å². The van der Waals surface area contributed by atoms with Crippen molar-refractivity contribution in [3.8, 4) is 0 Å². The maximum atomic E-state index is 13.3. The summed E-state index contributed by atoms with van der Waals surface area (Å²) in [6, 6.07) is 0. The molecule has 58 valence electrons. The maximum absolute atomic E-state index is 13.3. The maximum Gasteiger partial charge on any atom is 0.108 e. The molecule has 10 heavy (non-hydrogen) atoms. The van der Waals surface area contributed by atoms with Gasteiger partial charge in [0.05, 0.1) is 0 Å². The number of rotatable bonds is 2. The van der Waals surface area contributed by atoms with Crippen LogP contribution in [0.2, 0.25) is 0 Å². The zero-order valence-corrected chi connectivity index (χ0v) is 6.15. The van der Waals surface area contributed by atoms with Gasteiger partial charge in [-0.15, -0.1) is 0 Å². The Labute approximate surface area is 61.0 Å². The molecule has 1 aliphatic heterocycles. The zero-order valence-electron chi connectivity index (χ0n) is 6.15. The van der Waals surface area contributed by atoms with E-state index >= 15 is 0 Å². The van der Waals surface area contributed by atoms with E-state index in [2.05, 4.69) is 5.32 Å². The van der Waals surface area contributed by atoms with Crippen LogP contribution >= 0.6 is 0 Å². The van der Waals surface area contributed by atoms with E-state index < -0.39 is 6.17 Å². The molecule has 0 radical (unpaired) electrons. The molecule has 2 heteroatoms. The van der Waals surface area contributed by atoms with E-state index in [9.17, 15) is 4.39 Å². The molecule has 1 saturated carbocycles. The third kappa shape index (κ3) is 0.947. The molecular formula is C8H14FN. The van der Waals surface area contributed by atoms with Gasteiger partial charge in [-0.2, -0.15) is 0 Å². The van der Waals surface area contributed by atoms with Crippen molar-refractivity contribution >= 4 is 0 Å². The van der Waals surface area contributed by atoms with Crippen LogP contribution in [0.3, 0.4) is 0 Å². The van der Waals surface area contributed by atoms with Gasteiger partial charge in [0, 0.05) is 19.0 Å². The first-order chi connectivity index (χ1) is 4.88. The predicted octanol–water partition coefficient (Wildman–Crippen LogP) is 1.34. The normalized spacial score (nSPS) is 30.9. The molecule has 0 amide bonds. The summed E-state index contributed by atoms with van der Waals surface area (Å²) in [4.78, 5) is 0. The van der Waals surface area contributed by atoms with Gasteiger partial charge < -0.3 is 5.32 Å². The molecule has 1 N–H and O–H groups in total. The molecule has 2 rings (SSSR count). The van der Waals surface area contributed by atoms with Crippen LogP contribution in [-0.2, 0) is 0 Å². The smallest absolute Gasteiger partial charge is 0.108 e. The van der Waals surface area contributed by atoms with Crippen molar-refractivity contribution in [2.75, 3.05) is 13.1 Å². The molecule has 1 saturated heterocycles. The standard InChI is InChI=1S/C8H14FN/c9-8(6-2-1-3-6)7-4-10-5-7/h6-8,10H,1-5H2. The highest BCUT2D eigenvalue weighted by Crippen LogP contribution is 2.35. The molecule has 1 aliphatic carbocycles. The highest BCUT2D eigenvalue weighted by atomic mass is 19.1. The summed E-state index contributed by atoms with van der Waals surface area (Å²) < 4.78 is 13.3. The van der Waals surface area contributed by atoms with Crippen LogP contribution in [0.4, 0.5) is 4.39 Å². The fourth-order valence-corrected chi connectivity index (χ4v) is 1.68. The second-order valence-electron chi connectivity index (χ2n) is 3.55. The van der Waals surface area contributed by atoms with Gasteiger partial charge in [-0.05, 0) is 18.8 Å². The van der Waals surface area contributed by atoms with E-state index in [-0.39, 0.29) is 0 Å². The van der Waals surface area contributed by atoms with Crippen molar-refractivity contribution in [3.05, 3.63) is 0 Å². The van der Waals surface area contributed by atoms with E-state index in [0.29, 0.717) is 11.8 Å². The molecule has 1 nitrogen and oxygen atoms in total. The number of nitrogens with one attached hydrogen (secondary N) is 1. The highest BCUT2D eigenvalue weighted by molar-refractivity contribution is 4.88. The number of alkyl halides is 1. The number of hydrogen-bond acceptors (Lipinski definition) is 1. The Balaban J connectivity index is 1.79. The third-order valence-electron chi connectivity index (χ3n) is 2.86. The lowest BCUT2D eigenvalue weighted by Gasteiger charge is -2.38. The largest absolute Gasteiger partial charge is 0.316 e. The van der Waals surface area contributed by atoms with Crippen molar-refractivity contribution < 1.29 is 4.39 Å². The molecule has 0 bridgehead atoms. The van der Waals surface area contributed by atoms with E-state index in [1.807, 2.05) is 0 Å². The van der Waals surface area contributed by atoms with Crippen molar-refractivity contribution in [1.82, 2.24) is 5.32 Å². The van der Waals surface area contributed by atoms with Gasteiger partial charge >= 0.3 is 0 Å². The number of hydrogen-bond donors (Lipinski definition) is 1. The monoisotopic (exact) mass is 143 g/mol. The molecule has 0 aromatic heterocycles. The molecule has 1 unspecified atom stereocenters. The van der Waals surface area contributed by atoms with Crippen LogP contribution < -0.4 is 5.32 Å². The van der Waals surface area contributed by atoms with Crippen molar-refractivity contribution in [2.45, 2.75) is 25.4 Å². The first kappa shape index (κ1) is 6.59. The Morgan fingerprint density at radius 2 is 1.90 bits per heavy atom. The van der Waals surface area contributed by atoms with Gasteiger partial charge in [0.2, 0.25) is 0 Å². The van der Waals surface area contributed by atoms with Gasteiger partial charge in [-0.3, -0.25) is 0 Å². The highest BCUT2D eigenvalue weighted by Gasteiger charge is 2.35. The lowest BCUT2D eigenvalue weighted by molar-refractivity contribution is 0.0668. The molecule has 0 aromatic carbocycles. The second kappa shape index (κ2) is 2.50. The summed E-state index contributed by atoms with van der Waals surface area (Å²) in [5, 5.41) is 3.11. The fourth-order valence-electron chi connectivity index (χ4n) is 1.68. The Bertz CT molecular complexity index is 104. The summed E-state index contributed by atoms with van der Waals surface area (Å²) >= 11 is 0. The Kier molecular flexibility index (Phi) is 1.65. The van der Waals surface area contributed by atoms with Gasteiger partial charge in [0.15, 0.2) is 0 Å². The minimum absolute atomic E-state index is 0.352. The third-order valence-corrected chi connectivity index (χ3v) is 2.86. The van der Waals surface area contributed by atoms with Gasteiger partial charge in [-0.25, -0.2) is 4.39 Å². The molecule has 1 heterocycles. The van der Waals surface area contributed by atoms with Gasteiger partial charge in [0.25, 0.3) is 0 Å². The fraction of sp³-hybridized carbons (Fsp3) is 1.00. The Morgan fingerprint density at radius 3 is 2.20 bits per heavy atom. The van der Waals surface area contributed by atoms with Crippen LogP contribution in [0.25, 0.3) is 0 Å². The SMILES string of the molecule is FC(C1CCC1)C1CNC1. The van der Waals surface area contributed by atoms with E-state index in [1.54, 1.807) is 0 Å². The topological polar surface area (TPSA) is 12.0 Å². The van der Waals surface area contributed by atoms with Crippen LogP contribution in [0.5, 0.6) is 0 Å². The Hall–Kier alpha value is -0.110. The van der Waals surface area contributed by atoms with Crippen molar-refractivity contribution in [3.63, 3.8) is 0 Å². The summed E-state index contributed by atoms with van der Waals surface area (Å²) in [6.07, 6.45) is 3.04. The lowest BCUT2D eigenvalue weighted by atomic mass is 9.76.